The maximum Gasteiger partial charge on any atom is 0.214 e. The molecule has 1 N–H and O–H groups in total. The summed E-state index contributed by atoms with van der Waals surface area (Å²) in [5, 5.41) is 12.4. The molecule has 7 nitrogen and oxygen atoms in total. The number of ketones is 1. The summed E-state index contributed by atoms with van der Waals surface area (Å²) in [6.07, 6.45) is 0. The molecular formula is C17H19N5O2S. The molecule has 0 radical (unpaired) electrons. The molecule has 0 bridgehead atoms. The number of thioether (sulfide) groups is 1. The number of nitrogens with one attached hydrogen (secondary N) is 1. The quantitative estimate of drug-likeness (QED) is 0.517. The first kappa shape index (κ1) is 17.2. The first-order valence-corrected chi connectivity index (χ1v) is 8.91. The molecule has 0 amide bonds. The summed E-state index contributed by atoms with van der Waals surface area (Å²) in [7, 11) is 0. The first-order chi connectivity index (χ1) is 12.1. The van der Waals surface area contributed by atoms with Gasteiger partial charge in [-0.2, -0.15) is 4.68 Å². The monoisotopic (exact) mass is 357 g/mol. The van der Waals surface area contributed by atoms with Crippen molar-refractivity contribution in [2.75, 3.05) is 12.4 Å². The van der Waals surface area contributed by atoms with Gasteiger partial charge in [0.25, 0.3) is 0 Å². The number of tetrazole rings is 1. The summed E-state index contributed by atoms with van der Waals surface area (Å²) < 4.78 is 7.23. The van der Waals surface area contributed by atoms with E-state index in [0.29, 0.717) is 23.1 Å². The lowest BCUT2D eigenvalue weighted by Crippen LogP contribution is -2.06. The number of benzene rings is 1. The fraction of sp³-hybridized carbons (Fsp3) is 0.294. The number of carbonyl (C=O) groups excluding carboxylic acids is 1. The summed E-state index contributed by atoms with van der Waals surface area (Å²) in [6.45, 7) is 6.30. The van der Waals surface area contributed by atoms with E-state index in [9.17, 15) is 4.79 Å². The lowest BCUT2D eigenvalue weighted by Gasteiger charge is -2.10. The zero-order valence-electron chi connectivity index (χ0n) is 14.3. The number of H-pyrrole nitrogens is 1. The smallest absolute Gasteiger partial charge is 0.214 e. The number of Topliss-reactive ketones (excluding diaryl/α,β-unsaturated/α-hetero) is 1. The highest BCUT2D eigenvalue weighted by molar-refractivity contribution is 7.99. The molecule has 0 aliphatic rings. The molecule has 0 unspecified atom stereocenters. The SMILES string of the molecule is CCOc1ccccc1-n1nnnc1SCC(=O)c1cc(C)[nH]c1C. The third-order valence-corrected chi connectivity index (χ3v) is 4.54. The fourth-order valence-electron chi connectivity index (χ4n) is 2.55. The van der Waals surface area contributed by atoms with Crippen LogP contribution in [0, 0.1) is 13.8 Å². The van der Waals surface area contributed by atoms with Crippen LogP contribution in [0.1, 0.15) is 28.7 Å². The summed E-state index contributed by atoms with van der Waals surface area (Å²) >= 11 is 1.30. The summed E-state index contributed by atoms with van der Waals surface area (Å²) in [6, 6.07) is 9.40. The van der Waals surface area contributed by atoms with E-state index in [1.165, 1.54) is 11.8 Å². The van der Waals surface area contributed by atoms with Gasteiger partial charge >= 0.3 is 0 Å². The number of carbonyl (C=O) groups is 1. The Hall–Kier alpha value is -2.61. The Balaban J connectivity index is 1.79. The molecular weight excluding hydrogens is 338 g/mol. The highest BCUT2D eigenvalue weighted by Crippen LogP contribution is 2.26. The topological polar surface area (TPSA) is 85.7 Å². The lowest BCUT2D eigenvalue weighted by molar-refractivity contribution is 0.102. The zero-order chi connectivity index (χ0) is 17.8. The van der Waals surface area contributed by atoms with Crippen LogP contribution in [0.4, 0.5) is 0 Å². The van der Waals surface area contributed by atoms with Gasteiger partial charge in [0.1, 0.15) is 11.4 Å². The second-order valence-electron chi connectivity index (χ2n) is 5.48. The number of nitrogens with zero attached hydrogens (tertiary/aromatic N) is 4. The van der Waals surface area contributed by atoms with Gasteiger partial charge in [-0.25, -0.2) is 0 Å². The third kappa shape index (κ3) is 3.74. The summed E-state index contributed by atoms with van der Waals surface area (Å²) in [5.74, 6) is 0.997. The van der Waals surface area contributed by atoms with Crippen molar-refractivity contribution in [1.29, 1.82) is 0 Å². The van der Waals surface area contributed by atoms with E-state index in [2.05, 4.69) is 20.5 Å². The second kappa shape index (κ2) is 7.52. The molecule has 25 heavy (non-hydrogen) atoms. The number of para-hydroxylation sites is 2. The number of hydrogen-bond donors (Lipinski definition) is 1. The van der Waals surface area contributed by atoms with E-state index < -0.39 is 0 Å². The minimum absolute atomic E-state index is 0.0412. The molecule has 3 aromatic rings. The molecule has 0 atom stereocenters. The van der Waals surface area contributed by atoms with Gasteiger partial charge in [0.15, 0.2) is 5.78 Å². The third-order valence-electron chi connectivity index (χ3n) is 3.62. The standard InChI is InChI=1S/C17H19N5O2S/c1-4-24-16-8-6-5-7-14(16)22-17(19-20-21-22)25-10-15(23)13-9-11(2)18-12(13)3/h5-9,18H,4,10H2,1-3H3. The molecule has 0 spiro atoms. The van der Waals surface area contributed by atoms with E-state index in [0.717, 1.165) is 17.1 Å². The highest BCUT2D eigenvalue weighted by atomic mass is 32.2. The van der Waals surface area contributed by atoms with Crippen molar-refractivity contribution in [2.24, 2.45) is 0 Å². The van der Waals surface area contributed by atoms with Crippen LogP contribution in [0.5, 0.6) is 5.75 Å². The van der Waals surface area contributed by atoms with Crippen molar-refractivity contribution in [2.45, 2.75) is 25.9 Å². The normalized spacial score (nSPS) is 10.8. The Morgan fingerprint density at radius 2 is 2.12 bits per heavy atom. The maximum absolute atomic E-state index is 12.4. The average molecular weight is 357 g/mol. The van der Waals surface area contributed by atoms with Crippen LogP contribution in [-0.4, -0.2) is 43.3 Å². The van der Waals surface area contributed by atoms with Gasteiger partial charge in [0.05, 0.1) is 12.4 Å². The second-order valence-corrected chi connectivity index (χ2v) is 6.42. The van der Waals surface area contributed by atoms with Crippen LogP contribution in [0.25, 0.3) is 5.69 Å². The van der Waals surface area contributed by atoms with E-state index in [4.69, 9.17) is 4.74 Å². The number of hydrogen-bond acceptors (Lipinski definition) is 6. The van der Waals surface area contributed by atoms with Crippen molar-refractivity contribution in [3.05, 3.63) is 47.3 Å². The van der Waals surface area contributed by atoms with E-state index >= 15 is 0 Å². The van der Waals surface area contributed by atoms with Gasteiger partial charge in [-0.3, -0.25) is 4.79 Å². The van der Waals surface area contributed by atoms with Crippen molar-refractivity contribution < 1.29 is 9.53 Å². The largest absolute Gasteiger partial charge is 0.492 e. The Kier molecular flexibility index (Phi) is 5.18. The molecule has 0 aliphatic carbocycles. The van der Waals surface area contributed by atoms with Crippen molar-refractivity contribution in [1.82, 2.24) is 25.2 Å². The molecule has 1 aromatic carbocycles. The highest BCUT2D eigenvalue weighted by Gasteiger charge is 2.17. The van der Waals surface area contributed by atoms with E-state index in [-0.39, 0.29) is 11.5 Å². The van der Waals surface area contributed by atoms with E-state index in [1.54, 1.807) is 4.68 Å². The number of rotatable bonds is 7. The van der Waals surface area contributed by atoms with Crippen molar-refractivity contribution >= 4 is 17.5 Å². The van der Waals surface area contributed by atoms with Crippen LogP contribution >= 0.6 is 11.8 Å². The minimum atomic E-state index is 0.0412. The zero-order valence-corrected chi connectivity index (χ0v) is 15.1. The van der Waals surface area contributed by atoms with Crippen molar-refractivity contribution in [3.63, 3.8) is 0 Å². The first-order valence-electron chi connectivity index (χ1n) is 7.93. The number of aryl methyl sites for hydroxylation is 2. The molecule has 3 rings (SSSR count). The van der Waals surface area contributed by atoms with Crippen LogP contribution < -0.4 is 4.74 Å². The van der Waals surface area contributed by atoms with Gasteiger partial charge in [-0.05, 0) is 49.4 Å². The Morgan fingerprint density at radius 3 is 2.84 bits per heavy atom. The number of ether oxygens (including phenoxy) is 1. The van der Waals surface area contributed by atoms with Gasteiger partial charge in [0, 0.05) is 17.0 Å². The Bertz CT molecular complexity index is 887. The van der Waals surface area contributed by atoms with Gasteiger partial charge < -0.3 is 9.72 Å². The van der Waals surface area contributed by atoms with Crippen LogP contribution in [0.3, 0.4) is 0 Å². The fourth-order valence-corrected chi connectivity index (χ4v) is 3.32. The van der Waals surface area contributed by atoms with Crippen molar-refractivity contribution in [3.8, 4) is 11.4 Å². The molecule has 0 saturated heterocycles. The van der Waals surface area contributed by atoms with Crippen LogP contribution in [-0.2, 0) is 0 Å². The molecule has 0 aliphatic heterocycles. The van der Waals surface area contributed by atoms with Crippen LogP contribution in [0.15, 0.2) is 35.5 Å². The molecule has 130 valence electrons. The van der Waals surface area contributed by atoms with Gasteiger partial charge in [0.2, 0.25) is 5.16 Å². The lowest BCUT2D eigenvalue weighted by atomic mass is 10.2. The van der Waals surface area contributed by atoms with Crippen LogP contribution in [0.2, 0.25) is 0 Å². The summed E-state index contributed by atoms with van der Waals surface area (Å²) in [4.78, 5) is 15.6. The van der Waals surface area contributed by atoms with E-state index in [1.807, 2.05) is 51.1 Å². The number of aromatic nitrogens is 5. The predicted octanol–water partition coefficient (Wildman–Crippen LogP) is 2.98. The molecule has 8 heteroatoms. The maximum atomic E-state index is 12.4. The summed E-state index contributed by atoms with van der Waals surface area (Å²) in [5.41, 5.74) is 3.31. The Labute approximate surface area is 149 Å². The molecule has 0 saturated carbocycles. The predicted molar refractivity (Wildman–Crippen MR) is 95.6 cm³/mol. The van der Waals surface area contributed by atoms with Gasteiger partial charge in [-0.15, -0.1) is 5.10 Å². The molecule has 0 fully saturated rings. The molecule has 2 heterocycles. The average Bonchev–Trinajstić information content (AvgIpc) is 3.19. The molecule has 2 aromatic heterocycles. The number of aromatic amines is 1. The minimum Gasteiger partial charge on any atom is -0.492 e. The Morgan fingerprint density at radius 1 is 1.32 bits per heavy atom. The van der Waals surface area contributed by atoms with Gasteiger partial charge in [-0.1, -0.05) is 23.9 Å².